The number of aromatic amines is 1. The summed E-state index contributed by atoms with van der Waals surface area (Å²) < 4.78 is 0. The number of benzene rings is 3. The fourth-order valence-corrected chi connectivity index (χ4v) is 3.65. The van der Waals surface area contributed by atoms with Crippen molar-refractivity contribution in [3.05, 3.63) is 90.0 Å². The highest BCUT2D eigenvalue weighted by Gasteiger charge is 2.18. The minimum absolute atomic E-state index is 0.0145. The summed E-state index contributed by atoms with van der Waals surface area (Å²) in [5.74, 6) is -0.0375. The van der Waals surface area contributed by atoms with Crippen LogP contribution in [0.1, 0.15) is 11.1 Å². The number of carbonyl (C=O) groups is 1. The second kappa shape index (κ2) is 10.1. The quantitative estimate of drug-likeness (QED) is 0.247. The maximum Gasteiger partial charge on any atom is 0.240 e. The zero-order valence-corrected chi connectivity index (χ0v) is 18.3. The maximum atomic E-state index is 12.3. The van der Waals surface area contributed by atoms with Crippen molar-refractivity contribution in [3.8, 4) is 5.88 Å². The summed E-state index contributed by atoms with van der Waals surface area (Å²) in [6.45, 7) is 0.505. The molecule has 0 aliphatic carbocycles. The zero-order chi connectivity index (χ0) is 23.2. The van der Waals surface area contributed by atoms with E-state index in [0.29, 0.717) is 23.5 Å². The van der Waals surface area contributed by atoms with E-state index in [9.17, 15) is 9.90 Å². The number of nitrogens with one attached hydrogen (secondary N) is 2. The van der Waals surface area contributed by atoms with E-state index in [1.807, 2.05) is 78.9 Å². The van der Waals surface area contributed by atoms with Crippen LogP contribution in [0, 0.1) is 0 Å². The van der Waals surface area contributed by atoms with Crippen LogP contribution in [0.5, 0.6) is 5.88 Å². The maximum absolute atomic E-state index is 12.3. The van der Waals surface area contributed by atoms with Gasteiger partial charge in [0.2, 0.25) is 5.91 Å². The van der Waals surface area contributed by atoms with Gasteiger partial charge in [-0.3, -0.25) is 4.79 Å². The summed E-state index contributed by atoms with van der Waals surface area (Å²) in [7, 11) is 1.71. The average Bonchev–Trinajstić information content (AvgIpc) is 3.18. The Hall–Kier alpha value is -3.94. The Bertz CT molecular complexity index is 1260. The van der Waals surface area contributed by atoms with Crippen molar-refractivity contribution in [2.24, 2.45) is 4.99 Å². The summed E-state index contributed by atoms with van der Waals surface area (Å²) in [4.78, 5) is 21.8. The van der Waals surface area contributed by atoms with Crippen LogP contribution in [-0.4, -0.2) is 53.6 Å². The van der Waals surface area contributed by atoms with Gasteiger partial charge in [0, 0.05) is 35.7 Å². The van der Waals surface area contributed by atoms with Crippen LogP contribution >= 0.6 is 0 Å². The number of aliphatic imine (C=N–C) groups is 1. The van der Waals surface area contributed by atoms with Crippen LogP contribution in [0.15, 0.2) is 83.9 Å². The van der Waals surface area contributed by atoms with Gasteiger partial charge in [-0.15, -0.1) is 0 Å². The first-order chi connectivity index (χ1) is 16.1. The third kappa shape index (κ3) is 4.95. The van der Waals surface area contributed by atoms with E-state index in [0.717, 1.165) is 22.2 Å². The van der Waals surface area contributed by atoms with Gasteiger partial charge in [0.15, 0.2) is 5.88 Å². The van der Waals surface area contributed by atoms with Gasteiger partial charge >= 0.3 is 0 Å². The molecule has 0 aliphatic rings. The predicted molar refractivity (Wildman–Crippen MR) is 132 cm³/mol. The Labute approximate surface area is 192 Å². The molecule has 4 rings (SSSR count). The van der Waals surface area contributed by atoms with E-state index in [1.165, 1.54) is 0 Å². The van der Waals surface area contributed by atoms with Crippen molar-refractivity contribution in [2.75, 3.05) is 31.6 Å². The highest BCUT2D eigenvalue weighted by atomic mass is 16.3. The fourth-order valence-electron chi connectivity index (χ4n) is 3.65. The lowest BCUT2D eigenvalue weighted by molar-refractivity contribution is -0.117. The van der Waals surface area contributed by atoms with Crippen LogP contribution in [0.4, 0.5) is 11.4 Å². The highest BCUT2D eigenvalue weighted by molar-refractivity contribution is 6.21. The lowest BCUT2D eigenvalue weighted by atomic mass is 10.0. The van der Waals surface area contributed by atoms with Gasteiger partial charge in [-0.25, -0.2) is 4.99 Å². The Kier molecular flexibility index (Phi) is 6.83. The third-order valence-corrected chi connectivity index (χ3v) is 5.39. The van der Waals surface area contributed by atoms with Gasteiger partial charge < -0.3 is 25.4 Å². The Morgan fingerprint density at radius 1 is 1.00 bits per heavy atom. The first kappa shape index (κ1) is 22.3. The molecule has 3 aromatic carbocycles. The largest absolute Gasteiger partial charge is 0.494 e. The standard InChI is InChI=1S/C26H26N4O3/c1-30(23(32)17-27-15-16-31)20-13-11-19(12-14-20)28-25(18-7-3-2-4-8-18)24-21-9-5-6-10-22(21)29-26(24)33/h2-14,27,29,31,33H,15-17H2,1H3. The molecule has 0 saturated carbocycles. The molecule has 0 saturated heterocycles. The molecule has 4 aromatic rings. The number of para-hydroxylation sites is 1. The van der Waals surface area contributed by atoms with Crippen molar-refractivity contribution in [1.29, 1.82) is 0 Å². The molecule has 1 amide bonds. The molecule has 0 spiro atoms. The van der Waals surface area contributed by atoms with Gasteiger partial charge in [-0.05, 0) is 30.3 Å². The number of aromatic nitrogens is 1. The van der Waals surface area contributed by atoms with Crippen molar-refractivity contribution in [2.45, 2.75) is 0 Å². The average molecular weight is 443 g/mol. The predicted octanol–water partition coefficient (Wildman–Crippen LogP) is 3.59. The second-order valence-electron chi connectivity index (χ2n) is 7.59. The number of nitrogens with zero attached hydrogens (tertiary/aromatic N) is 2. The number of hydrogen-bond acceptors (Lipinski definition) is 5. The van der Waals surface area contributed by atoms with Gasteiger partial charge in [-0.1, -0.05) is 48.5 Å². The van der Waals surface area contributed by atoms with E-state index < -0.39 is 0 Å². The minimum atomic E-state index is -0.103. The van der Waals surface area contributed by atoms with E-state index in [1.54, 1.807) is 11.9 Å². The van der Waals surface area contributed by atoms with Crippen molar-refractivity contribution >= 4 is 33.9 Å². The molecule has 33 heavy (non-hydrogen) atoms. The zero-order valence-electron chi connectivity index (χ0n) is 18.3. The van der Waals surface area contributed by atoms with Gasteiger partial charge in [0.25, 0.3) is 0 Å². The SMILES string of the molecule is CN(C(=O)CNCCO)c1ccc(N=C(c2ccccc2)c2c(O)[nH]c3ccccc23)cc1. The number of rotatable bonds is 8. The summed E-state index contributed by atoms with van der Waals surface area (Å²) >= 11 is 0. The topological polar surface area (TPSA) is 101 Å². The third-order valence-electron chi connectivity index (χ3n) is 5.39. The molecule has 0 atom stereocenters. The number of carbonyl (C=O) groups excluding carboxylic acids is 1. The summed E-state index contributed by atoms with van der Waals surface area (Å²) in [5, 5.41) is 23.3. The molecule has 7 heteroatoms. The van der Waals surface area contributed by atoms with Crippen LogP contribution in [0.25, 0.3) is 10.9 Å². The molecular weight excluding hydrogens is 416 g/mol. The molecule has 1 aromatic heterocycles. The molecule has 0 aliphatic heterocycles. The highest BCUT2D eigenvalue weighted by Crippen LogP contribution is 2.31. The van der Waals surface area contributed by atoms with E-state index in [4.69, 9.17) is 10.1 Å². The number of likely N-dealkylation sites (N-methyl/N-ethyl adjacent to an activating group) is 1. The lowest BCUT2D eigenvalue weighted by Gasteiger charge is -2.17. The molecule has 0 radical (unpaired) electrons. The van der Waals surface area contributed by atoms with Crippen LogP contribution in [-0.2, 0) is 4.79 Å². The number of fused-ring (bicyclic) bond motifs is 1. The number of H-pyrrole nitrogens is 1. The van der Waals surface area contributed by atoms with E-state index >= 15 is 0 Å². The van der Waals surface area contributed by atoms with E-state index in [-0.39, 0.29) is 24.9 Å². The molecule has 0 bridgehead atoms. The molecule has 168 valence electrons. The number of amides is 1. The normalized spacial score (nSPS) is 11.6. The first-order valence-electron chi connectivity index (χ1n) is 10.7. The second-order valence-corrected chi connectivity index (χ2v) is 7.59. The van der Waals surface area contributed by atoms with Crippen LogP contribution in [0.3, 0.4) is 0 Å². The number of hydrogen-bond donors (Lipinski definition) is 4. The van der Waals surface area contributed by atoms with Gasteiger partial charge in [-0.2, -0.15) is 0 Å². The van der Waals surface area contributed by atoms with Gasteiger partial charge in [0.05, 0.1) is 30.1 Å². The molecule has 4 N–H and O–H groups in total. The lowest BCUT2D eigenvalue weighted by Crippen LogP contribution is -2.36. The summed E-state index contributed by atoms with van der Waals surface area (Å²) in [6.07, 6.45) is 0. The van der Waals surface area contributed by atoms with Crippen LogP contribution in [0.2, 0.25) is 0 Å². The van der Waals surface area contributed by atoms with Crippen molar-refractivity contribution in [1.82, 2.24) is 10.3 Å². The monoisotopic (exact) mass is 442 g/mol. The number of aromatic hydroxyl groups is 1. The molecule has 1 heterocycles. The smallest absolute Gasteiger partial charge is 0.240 e. The van der Waals surface area contributed by atoms with E-state index in [2.05, 4.69) is 10.3 Å². The number of anilines is 1. The van der Waals surface area contributed by atoms with Crippen LogP contribution < -0.4 is 10.2 Å². The first-order valence-corrected chi connectivity index (χ1v) is 10.7. The van der Waals surface area contributed by atoms with Crippen molar-refractivity contribution in [3.63, 3.8) is 0 Å². The number of aliphatic hydroxyl groups excluding tert-OH is 1. The fraction of sp³-hybridized carbons (Fsp3) is 0.154. The van der Waals surface area contributed by atoms with Crippen molar-refractivity contribution < 1.29 is 15.0 Å². The number of aliphatic hydroxyl groups is 1. The minimum Gasteiger partial charge on any atom is -0.494 e. The Balaban J connectivity index is 1.69. The molecule has 0 unspecified atom stereocenters. The molecular formula is C26H26N4O3. The Morgan fingerprint density at radius 3 is 2.42 bits per heavy atom. The Morgan fingerprint density at radius 2 is 1.70 bits per heavy atom. The summed E-state index contributed by atoms with van der Waals surface area (Å²) in [6, 6.07) is 24.8. The molecule has 0 fully saturated rings. The van der Waals surface area contributed by atoms with Gasteiger partial charge in [0.1, 0.15) is 0 Å². The summed E-state index contributed by atoms with van der Waals surface area (Å²) in [5.41, 5.74) is 4.43. The molecule has 7 nitrogen and oxygen atoms in total.